The number of benzene rings is 13. The van der Waals surface area contributed by atoms with Crippen LogP contribution in [0.2, 0.25) is 0 Å². The second-order valence-electron chi connectivity index (χ2n) is 25.0. The Morgan fingerprint density at radius 1 is 0.326 bits per heavy atom. The number of hydrogen-bond acceptors (Lipinski definition) is 2. The van der Waals surface area contributed by atoms with Gasteiger partial charge < -0.3 is 18.9 Å². The fourth-order valence-electron chi connectivity index (χ4n) is 14.8. The van der Waals surface area contributed by atoms with Gasteiger partial charge in [-0.1, -0.05) is 240 Å². The standard InChI is InChI=1S/C91H68N4/c1-7-25-61(9-3)63-41-47-71(48-42-63)92(73-33-23-27-65(55-73)67-45-53-87-81(57-67)77-36-19-21-39-85(77)94(87)69-29-13-11-14-30-69)75-51-52-80-83(59-75)91(5,6)84-60-89(76-35-17-18-38-79(76)90(80)84)93(72-49-43-64(44-50-72)62(10-4)26-8-2)74-34-24-28-66(56-74)68-46-54-88-82(58-68)78-37-20-22-40-86(78)95(88)70-31-15-12-16-32-70/h7-60H,1-4H2,5-6H3. The van der Waals surface area contributed by atoms with Crippen molar-refractivity contribution in [1.29, 1.82) is 0 Å². The minimum atomic E-state index is -0.431. The Morgan fingerprint density at radius 2 is 0.747 bits per heavy atom. The van der Waals surface area contributed by atoms with Gasteiger partial charge in [-0.2, -0.15) is 0 Å². The number of hydrogen-bond donors (Lipinski definition) is 0. The van der Waals surface area contributed by atoms with Crippen LogP contribution in [0.5, 0.6) is 0 Å². The third-order valence-electron chi connectivity index (χ3n) is 19.3. The number of rotatable bonds is 16. The predicted octanol–water partition coefficient (Wildman–Crippen LogP) is 25.1. The summed E-state index contributed by atoms with van der Waals surface area (Å²) in [6.45, 7) is 21.1. The summed E-state index contributed by atoms with van der Waals surface area (Å²) in [6.07, 6.45) is 11.5. The highest BCUT2D eigenvalue weighted by Crippen LogP contribution is 2.56. The van der Waals surface area contributed by atoms with E-state index in [4.69, 9.17) is 0 Å². The summed E-state index contributed by atoms with van der Waals surface area (Å²) in [7, 11) is 0. The summed E-state index contributed by atoms with van der Waals surface area (Å²) in [6, 6.07) is 107. The first-order chi connectivity index (χ1) is 46.7. The van der Waals surface area contributed by atoms with Gasteiger partial charge >= 0.3 is 0 Å². The molecule has 0 saturated carbocycles. The maximum atomic E-state index is 4.16. The lowest BCUT2D eigenvalue weighted by Gasteiger charge is -2.30. The monoisotopic (exact) mass is 1220 g/mol. The van der Waals surface area contributed by atoms with Crippen LogP contribution >= 0.6 is 0 Å². The van der Waals surface area contributed by atoms with E-state index in [1.165, 1.54) is 71.3 Å². The maximum absolute atomic E-state index is 4.16. The third-order valence-corrected chi connectivity index (χ3v) is 19.3. The van der Waals surface area contributed by atoms with Crippen molar-refractivity contribution >= 4 is 99.7 Å². The zero-order chi connectivity index (χ0) is 64.3. The fraction of sp³-hybridized carbons (Fsp3) is 0.0330. The fourth-order valence-corrected chi connectivity index (χ4v) is 14.8. The Balaban J connectivity index is 0.833. The van der Waals surface area contributed by atoms with E-state index in [1.54, 1.807) is 0 Å². The van der Waals surface area contributed by atoms with Gasteiger partial charge in [-0.3, -0.25) is 0 Å². The predicted molar refractivity (Wildman–Crippen MR) is 407 cm³/mol. The summed E-state index contributed by atoms with van der Waals surface area (Å²) >= 11 is 0. The summed E-state index contributed by atoms with van der Waals surface area (Å²) in [5, 5.41) is 7.24. The Kier molecular flexibility index (Phi) is 14.5. The van der Waals surface area contributed by atoms with Gasteiger partial charge in [0.1, 0.15) is 0 Å². The highest BCUT2D eigenvalue weighted by molar-refractivity contribution is 6.13. The summed E-state index contributed by atoms with van der Waals surface area (Å²) < 4.78 is 4.75. The highest BCUT2D eigenvalue weighted by Gasteiger charge is 2.39. The van der Waals surface area contributed by atoms with Crippen molar-refractivity contribution in [2.24, 2.45) is 0 Å². The van der Waals surface area contributed by atoms with Crippen molar-refractivity contribution in [3.63, 3.8) is 0 Å². The average molecular weight is 1220 g/mol. The van der Waals surface area contributed by atoms with Gasteiger partial charge in [-0.05, 0) is 200 Å². The molecule has 16 rings (SSSR count). The molecule has 1 aliphatic carbocycles. The van der Waals surface area contributed by atoms with Crippen LogP contribution < -0.4 is 9.80 Å². The quantitative estimate of drug-likeness (QED) is 0.0897. The highest BCUT2D eigenvalue weighted by atomic mass is 15.2. The van der Waals surface area contributed by atoms with Gasteiger partial charge in [0, 0.05) is 72.2 Å². The van der Waals surface area contributed by atoms with E-state index in [0.717, 1.165) is 95.4 Å². The Labute approximate surface area is 555 Å². The molecule has 2 aromatic heterocycles. The van der Waals surface area contributed by atoms with Gasteiger partial charge in [0.2, 0.25) is 0 Å². The molecular weight excluding hydrogens is 1150 g/mol. The molecule has 0 bridgehead atoms. The molecule has 0 unspecified atom stereocenters. The summed E-state index contributed by atoms with van der Waals surface area (Å²) in [5.74, 6) is 0. The normalized spacial score (nSPS) is 12.7. The molecule has 0 atom stereocenters. The molecule has 0 radical (unpaired) electrons. The lowest BCUT2D eigenvalue weighted by molar-refractivity contribution is 0.661. The number of nitrogens with zero attached hydrogens (tertiary/aromatic N) is 4. The Hall–Kier alpha value is -12.2. The number of para-hydroxylation sites is 4. The third kappa shape index (κ3) is 9.85. The number of allylic oxidation sites excluding steroid dienone is 8. The lowest BCUT2D eigenvalue weighted by Crippen LogP contribution is -2.18. The van der Waals surface area contributed by atoms with Gasteiger partial charge in [0.15, 0.2) is 0 Å². The van der Waals surface area contributed by atoms with Crippen LogP contribution in [0.1, 0.15) is 36.1 Å². The molecule has 0 N–H and O–H groups in total. The SMILES string of the molecule is C=CC=C(C=C)c1ccc(N(c2cccc(-c3ccc4c(c3)c3ccccc3n4-c3ccccc3)c2)c2ccc3c(c2)C(C)(C)c2cc(N(c4ccc(C(C=C)=CC=C)cc4)c4cccc(-c5ccc6c(c5)c5ccccc5n6-c5ccccc5)c4)c4ccccc4c2-3)cc1. The van der Waals surface area contributed by atoms with E-state index in [-0.39, 0.29) is 0 Å². The van der Waals surface area contributed by atoms with Crippen molar-refractivity contribution in [3.05, 3.63) is 376 Å². The van der Waals surface area contributed by atoms with Gasteiger partial charge in [0.25, 0.3) is 0 Å². The molecule has 0 amide bonds. The number of anilines is 6. The van der Waals surface area contributed by atoms with Crippen molar-refractivity contribution < 1.29 is 0 Å². The zero-order valence-electron chi connectivity index (χ0n) is 53.3. The van der Waals surface area contributed by atoms with E-state index in [1.807, 2.05) is 36.5 Å². The lowest BCUT2D eigenvalue weighted by atomic mass is 9.81. The molecule has 2 heterocycles. The van der Waals surface area contributed by atoms with Crippen LogP contribution in [0.4, 0.5) is 34.1 Å². The molecule has 13 aromatic carbocycles. The van der Waals surface area contributed by atoms with Crippen molar-refractivity contribution in [2.75, 3.05) is 9.80 Å². The smallest absolute Gasteiger partial charge is 0.0543 e. The second kappa shape index (κ2) is 23.8. The first-order valence-corrected chi connectivity index (χ1v) is 32.5. The number of fused-ring (bicyclic) bond motifs is 11. The van der Waals surface area contributed by atoms with Crippen molar-refractivity contribution in [2.45, 2.75) is 19.3 Å². The zero-order valence-corrected chi connectivity index (χ0v) is 53.3. The first-order valence-electron chi connectivity index (χ1n) is 32.5. The first kappa shape index (κ1) is 57.9. The minimum absolute atomic E-state index is 0.431. The minimum Gasteiger partial charge on any atom is -0.310 e. The second-order valence-corrected chi connectivity index (χ2v) is 25.0. The molecule has 452 valence electrons. The maximum Gasteiger partial charge on any atom is 0.0543 e. The van der Waals surface area contributed by atoms with Gasteiger partial charge in [0.05, 0.1) is 27.8 Å². The largest absolute Gasteiger partial charge is 0.310 e. The van der Waals surface area contributed by atoms with E-state index >= 15 is 0 Å². The summed E-state index contributed by atoms with van der Waals surface area (Å²) in [5.41, 5.74) is 26.7. The molecule has 0 spiro atoms. The van der Waals surface area contributed by atoms with Crippen LogP contribution in [0.25, 0.3) is 110 Å². The average Bonchev–Trinajstić information content (AvgIpc) is 1.59. The van der Waals surface area contributed by atoms with Crippen molar-refractivity contribution in [1.82, 2.24) is 9.13 Å². The number of aromatic nitrogens is 2. The topological polar surface area (TPSA) is 16.3 Å². The van der Waals surface area contributed by atoms with E-state index in [2.05, 4.69) is 350 Å². The molecule has 0 saturated heterocycles. The molecule has 1 aliphatic rings. The van der Waals surface area contributed by atoms with Crippen LogP contribution in [-0.4, -0.2) is 9.13 Å². The Morgan fingerprint density at radius 3 is 1.25 bits per heavy atom. The Bertz CT molecular complexity index is 5640. The van der Waals surface area contributed by atoms with Crippen LogP contribution in [-0.2, 0) is 5.41 Å². The molecule has 95 heavy (non-hydrogen) atoms. The summed E-state index contributed by atoms with van der Waals surface area (Å²) in [4.78, 5) is 4.88. The molecule has 0 fully saturated rings. The molecule has 4 heteroatoms. The van der Waals surface area contributed by atoms with E-state index in [9.17, 15) is 0 Å². The van der Waals surface area contributed by atoms with Crippen LogP contribution in [0.3, 0.4) is 0 Å². The van der Waals surface area contributed by atoms with E-state index in [0.29, 0.717) is 0 Å². The molecule has 15 aromatic rings. The van der Waals surface area contributed by atoms with Crippen LogP contribution in [0, 0.1) is 0 Å². The molecule has 4 nitrogen and oxygen atoms in total. The van der Waals surface area contributed by atoms with Crippen LogP contribution in [0.15, 0.2) is 354 Å². The molecule has 0 aliphatic heterocycles. The van der Waals surface area contributed by atoms with Gasteiger partial charge in [-0.25, -0.2) is 0 Å². The van der Waals surface area contributed by atoms with Gasteiger partial charge in [-0.15, -0.1) is 0 Å². The molecular formula is C91H68N4. The van der Waals surface area contributed by atoms with Crippen molar-refractivity contribution in [3.8, 4) is 44.8 Å². The van der Waals surface area contributed by atoms with E-state index < -0.39 is 5.41 Å².